The van der Waals surface area contributed by atoms with Crippen LogP contribution in [0.25, 0.3) is 11.1 Å². The van der Waals surface area contributed by atoms with E-state index in [1.54, 1.807) is 17.3 Å². The highest BCUT2D eigenvalue weighted by Crippen LogP contribution is 2.31. The summed E-state index contributed by atoms with van der Waals surface area (Å²) < 4.78 is 6.10. The molecule has 3 heterocycles. The van der Waals surface area contributed by atoms with Crippen LogP contribution in [0.5, 0.6) is 5.75 Å². The van der Waals surface area contributed by atoms with Gasteiger partial charge in [-0.05, 0) is 37.6 Å². The molecule has 1 saturated heterocycles. The Morgan fingerprint density at radius 3 is 2.90 bits per heavy atom. The number of hydrogen-bond acceptors (Lipinski definition) is 5. The lowest BCUT2D eigenvalue weighted by molar-refractivity contribution is -0.118. The predicted octanol–water partition coefficient (Wildman–Crippen LogP) is 2.18. The summed E-state index contributed by atoms with van der Waals surface area (Å²) in [5.74, 6) is 0.539. The number of benzene rings is 1. The Hall–Kier alpha value is -3.13. The van der Waals surface area contributed by atoms with E-state index in [1.165, 1.54) is 0 Å². The van der Waals surface area contributed by atoms with Crippen LogP contribution in [-0.4, -0.2) is 71.6 Å². The van der Waals surface area contributed by atoms with Crippen LogP contribution in [0.3, 0.4) is 0 Å². The SMILES string of the molecule is CC(C)NC(=O)N1CCN2CC(=O)Nc3cc(-c4cccnc4)ccc3OC[C@@H]2C1. The summed E-state index contributed by atoms with van der Waals surface area (Å²) in [5, 5.41) is 5.92. The minimum atomic E-state index is -0.0878. The largest absolute Gasteiger partial charge is 0.490 e. The summed E-state index contributed by atoms with van der Waals surface area (Å²) >= 11 is 0. The zero-order valence-electron chi connectivity index (χ0n) is 17.3. The quantitative estimate of drug-likeness (QED) is 0.794. The molecule has 2 N–H and O–H groups in total. The van der Waals surface area contributed by atoms with Gasteiger partial charge in [0.1, 0.15) is 12.4 Å². The van der Waals surface area contributed by atoms with E-state index in [-0.39, 0.29) is 30.6 Å². The number of pyridine rings is 1. The first-order valence-corrected chi connectivity index (χ1v) is 10.3. The molecule has 2 aromatic rings. The van der Waals surface area contributed by atoms with Crippen LogP contribution < -0.4 is 15.4 Å². The second kappa shape index (κ2) is 8.71. The van der Waals surface area contributed by atoms with Crippen LogP contribution >= 0.6 is 0 Å². The molecule has 30 heavy (non-hydrogen) atoms. The van der Waals surface area contributed by atoms with Crippen LogP contribution in [0.15, 0.2) is 42.7 Å². The van der Waals surface area contributed by atoms with Crippen molar-refractivity contribution >= 4 is 17.6 Å². The van der Waals surface area contributed by atoms with Crippen molar-refractivity contribution in [3.05, 3.63) is 42.7 Å². The van der Waals surface area contributed by atoms with E-state index in [0.717, 1.165) is 11.1 Å². The predicted molar refractivity (Wildman–Crippen MR) is 114 cm³/mol. The number of amides is 3. The molecule has 1 fully saturated rings. The molecule has 0 saturated carbocycles. The Morgan fingerprint density at radius 2 is 2.13 bits per heavy atom. The molecule has 8 nitrogen and oxygen atoms in total. The van der Waals surface area contributed by atoms with Crippen molar-refractivity contribution in [3.63, 3.8) is 0 Å². The van der Waals surface area contributed by atoms with Gasteiger partial charge in [-0.1, -0.05) is 12.1 Å². The summed E-state index contributed by atoms with van der Waals surface area (Å²) in [6.45, 7) is 6.29. The van der Waals surface area contributed by atoms with Crippen molar-refractivity contribution in [2.45, 2.75) is 25.9 Å². The molecule has 0 spiro atoms. The molecule has 0 aliphatic carbocycles. The van der Waals surface area contributed by atoms with Gasteiger partial charge in [0.25, 0.3) is 0 Å². The molecule has 8 heteroatoms. The van der Waals surface area contributed by atoms with Gasteiger partial charge in [0.05, 0.1) is 18.3 Å². The molecular weight excluding hydrogens is 382 g/mol. The van der Waals surface area contributed by atoms with Crippen molar-refractivity contribution in [1.29, 1.82) is 0 Å². The van der Waals surface area contributed by atoms with Gasteiger partial charge in [0.15, 0.2) is 0 Å². The zero-order chi connectivity index (χ0) is 21.1. The highest BCUT2D eigenvalue weighted by molar-refractivity contribution is 5.94. The Kier molecular flexibility index (Phi) is 5.85. The topological polar surface area (TPSA) is 86.8 Å². The van der Waals surface area contributed by atoms with E-state index in [4.69, 9.17) is 4.74 Å². The van der Waals surface area contributed by atoms with E-state index < -0.39 is 0 Å². The minimum absolute atomic E-state index is 0.0497. The minimum Gasteiger partial charge on any atom is -0.490 e. The molecule has 0 radical (unpaired) electrons. The lowest BCUT2D eigenvalue weighted by Crippen LogP contribution is -2.59. The number of anilines is 1. The standard InChI is InChI=1S/C22H27N5O3/c1-15(2)24-22(29)27-9-8-26-13-21(28)25-19-10-16(17-4-3-7-23-11-17)5-6-20(19)30-14-18(26)12-27/h3-7,10-11,15,18H,8-9,12-14H2,1-2H3,(H,24,29)(H,25,28)/t18-/m0/s1. The number of carbonyl (C=O) groups excluding carboxylic acids is 2. The maximum atomic E-state index is 12.7. The fourth-order valence-corrected chi connectivity index (χ4v) is 3.81. The monoisotopic (exact) mass is 409 g/mol. The summed E-state index contributed by atoms with van der Waals surface area (Å²) in [4.78, 5) is 33.2. The molecule has 0 unspecified atom stereocenters. The number of ether oxygens (including phenoxy) is 1. The van der Waals surface area contributed by atoms with Gasteiger partial charge in [0, 0.05) is 43.6 Å². The van der Waals surface area contributed by atoms with E-state index in [9.17, 15) is 9.59 Å². The molecule has 3 amide bonds. The lowest BCUT2D eigenvalue weighted by Gasteiger charge is -2.40. The summed E-state index contributed by atoms with van der Waals surface area (Å²) in [6.07, 6.45) is 3.52. The Bertz CT molecular complexity index is 918. The van der Waals surface area contributed by atoms with Gasteiger partial charge >= 0.3 is 6.03 Å². The molecule has 1 atom stereocenters. The lowest BCUT2D eigenvalue weighted by atomic mass is 10.1. The third-order valence-corrected chi connectivity index (χ3v) is 5.33. The Balaban J connectivity index is 1.53. The van der Waals surface area contributed by atoms with Gasteiger partial charge < -0.3 is 20.3 Å². The van der Waals surface area contributed by atoms with Gasteiger partial charge in [-0.3, -0.25) is 14.7 Å². The molecular formula is C22H27N5O3. The zero-order valence-corrected chi connectivity index (χ0v) is 17.3. The number of piperazine rings is 1. The number of nitrogens with one attached hydrogen (secondary N) is 2. The first kappa shape index (κ1) is 20.2. The second-order valence-electron chi connectivity index (χ2n) is 7.99. The Morgan fingerprint density at radius 1 is 1.27 bits per heavy atom. The fourth-order valence-electron chi connectivity index (χ4n) is 3.81. The first-order chi connectivity index (χ1) is 14.5. The van der Waals surface area contributed by atoms with Crippen molar-refractivity contribution < 1.29 is 14.3 Å². The van der Waals surface area contributed by atoms with Crippen LogP contribution in [-0.2, 0) is 4.79 Å². The average molecular weight is 409 g/mol. The number of fused-ring (bicyclic) bond motifs is 2. The van der Waals surface area contributed by atoms with Crippen LogP contribution in [0, 0.1) is 0 Å². The summed E-state index contributed by atoms with van der Waals surface area (Å²) in [7, 11) is 0. The number of hydrogen-bond donors (Lipinski definition) is 2. The molecule has 1 aromatic carbocycles. The molecule has 158 valence electrons. The Labute approximate surface area is 176 Å². The van der Waals surface area contributed by atoms with E-state index in [2.05, 4.69) is 20.5 Å². The van der Waals surface area contributed by atoms with Gasteiger partial charge in [-0.2, -0.15) is 0 Å². The normalized spacial score (nSPS) is 19.5. The fraction of sp³-hybridized carbons (Fsp3) is 0.409. The average Bonchev–Trinajstić information content (AvgIpc) is 2.79. The number of aromatic nitrogens is 1. The first-order valence-electron chi connectivity index (χ1n) is 10.3. The molecule has 1 aromatic heterocycles. The maximum Gasteiger partial charge on any atom is 0.317 e. The van der Waals surface area contributed by atoms with Crippen molar-refractivity contribution in [2.24, 2.45) is 0 Å². The van der Waals surface area contributed by atoms with E-state index in [1.807, 2.05) is 44.2 Å². The summed E-state index contributed by atoms with van der Waals surface area (Å²) in [5.41, 5.74) is 2.58. The van der Waals surface area contributed by atoms with Crippen LogP contribution in [0.4, 0.5) is 10.5 Å². The summed E-state index contributed by atoms with van der Waals surface area (Å²) in [6, 6.07) is 9.56. The van der Waals surface area contributed by atoms with Crippen molar-refractivity contribution in [2.75, 3.05) is 38.1 Å². The molecule has 0 bridgehead atoms. The maximum absolute atomic E-state index is 12.7. The third kappa shape index (κ3) is 4.54. The van der Waals surface area contributed by atoms with Crippen LogP contribution in [0.2, 0.25) is 0 Å². The third-order valence-electron chi connectivity index (χ3n) is 5.33. The van der Waals surface area contributed by atoms with Crippen LogP contribution in [0.1, 0.15) is 13.8 Å². The smallest absolute Gasteiger partial charge is 0.317 e. The highest BCUT2D eigenvalue weighted by Gasteiger charge is 2.32. The van der Waals surface area contributed by atoms with E-state index >= 15 is 0 Å². The van der Waals surface area contributed by atoms with Gasteiger partial charge in [-0.15, -0.1) is 0 Å². The van der Waals surface area contributed by atoms with Gasteiger partial charge in [-0.25, -0.2) is 4.79 Å². The molecule has 2 aliphatic heterocycles. The highest BCUT2D eigenvalue weighted by atomic mass is 16.5. The number of carbonyl (C=O) groups is 2. The van der Waals surface area contributed by atoms with Crippen molar-refractivity contribution in [1.82, 2.24) is 20.1 Å². The van der Waals surface area contributed by atoms with Crippen molar-refractivity contribution in [3.8, 4) is 16.9 Å². The second-order valence-corrected chi connectivity index (χ2v) is 7.99. The molecule has 4 rings (SSSR count). The number of nitrogens with zero attached hydrogens (tertiary/aromatic N) is 3. The van der Waals surface area contributed by atoms with E-state index in [0.29, 0.717) is 37.7 Å². The number of rotatable bonds is 2. The molecule has 2 aliphatic rings. The number of urea groups is 1. The van der Waals surface area contributed by atoms with Gasteiger partial charge in [0.2, 0.25) is 5.91 Å².